The first-order valence-electron chi connectivity index (χ1n) is 6.14. The molecule has 0 unspecified atom stereocenters. The summed E-state index contributed by atoms with van der Waals surface area (Å²) in [5.74, 6) is 1.05. The van der Waals surface area contributed by atoms with Crippen molar-refractivity contribution in [1.29, 1.82) is 0 Å². The molecule has 0 saturated carbocycles. The molecule has 1 aromatic rings. The van der Waals surface area contributed by atoms with Gasteiger partial charge in [0.25, 0.3) is 0 Å². The van der Waals surface area contributed by atoms with Gasteiger partial charge in [0.15, 0.2) is 0 Å². The molecule has 2 N–H and O–H groups in total. The van der Waals surface area contributed by atoms with Gasteiger partial charge in [-0.25, -0.2) is 4.98 Å². The fourth-order valence-corrected chi connectivity index (χ4v) is 2.15. The molecular formula is C12H21N3O2. The summed E-state index contributed by atoms with van der Waals surface area (Å²) >= 11 is 0. The average Bonchev–Trinajstić information content (AvgIpc) is 2.76. The highest BCUT2D eigenvalue weighted by atomic mass is 16.5. The Morgan fingerprint density at radius 2 is 2.29 bits per heavy atom. The van der Waals surface area contributed by atoms with Crippen LogP contribution in [0.3, 0.4) is 0 Å². The molecule has 2 heterocycles. The third-order valence-electron chi connectivity index (χ3n) is 3.43. The molecule has 96 valence electrons. The minimum atomic E-state index is -0.177. The third kappa shape index (κ3) is 3.06. The van der Waals surface area contributed by atoms with E-state index < -0.39 is 0 Å². The van der Waals surface area contributed by atoms with Crippen molar-refractivity contribution in [3.8, 4) is 0 Å². The molecule has 0 bridgehead atoms. The molecule has 1 aromatic heterocycles. The smallest absolute Gasteiger partial charge is 0.110 e. The standard InChI is InChI=1S/C12H21N3O2/c1-15-6-5-14-11(15)2-7-17-12(10-13)3-8-16-9-4-12/h5-6H,2-4,7-10,13H2,1H3. The van der Waals surface area contributed by atoms with Gasteiger partial charge in [0, 0.05) is 58.5 Å². The number of hydrogen-bond acceptors (Lipinski definition) is 4. The van der Waals surface area contributed by atoms with E-state index in [-0.39, 0.29) is 5.60 Å². The Balaban J connectivity index is 1.82. The van der Waals surface area contributed by atoms with E-state index in [4.69, 9.17) is 15.2 Å². The summed E-state index contributed by atoms with van der Waals surface area (Å²) in [6.07, 6.45) is 6.37. The zero-order chi connectivity index (χ0) is 12.1. The lowest BCUT2D eigenvalue weighted by Gasteiger charge is -2.36. The Kier molecular flexibility index (Phi) is 4.15. The summed E-state index contributed by atoms with van der Waals surface area (Å²) in [6, 6.07) is 0. The summed E-state index contributed by atoms with van der Waals surface area (Å²) in [6.45, 7) is 2.73. The van der Waals surface area contributed by atoms with Crippen LogP contribution in [0.15, 0.2) is 12.4 Å². The maximum Gasteiger partial charge on any atom is 0.110 e. The molecule has 0 aliphatic carbocycles. The Morgan fingerprint density at radius 3 is 2.88 bits per heavy atom. The maximum atomic E-state index is 5.99. The molecule has 5 nitrogen and oxygen atoms in total. The lowest BCUT2D eigenvalue weighted by atomic mass is 9.94. The average molecular weight is 239 g/mol. The van der Waals surface area contributed by atoms with Gasteiger partial charge in [-0.3, -0.25) is 0 Å². The van der Waals surface area contributed by atoms with Crippen LogP contribution in [-0.4, -0.2) is 41.5 Å². The van der Waals surface area contributed by atoms with Crippen LogP contribution in [0.4, 0.5) is 0 Å². The van der Waals surface area contributed by atoms with Crippen molar-refractivity contribution in [2.24, 2.45) is 12.8 Å². The lowest BCUT2D eigenvalue weighted by molar-refractivity contribution is -0.104. The minimum absolute atomic E-state index is 0.177. The Bertz CT molecular complexity index is 345. The van der Waals surface area contributed by atoms with E-state index in [2.05, 4.69) is 4.98 Å². The van der Waals surface area contributed by atoms with E-state index in [1.54, 1.807) is 0 Å². The lowest BCUT2D eigenvalue weighted by Crippen LogP contribution is -2.46. The number of nitrogens with two attached hydrogens (primary N) is 1. The van der Waals surface area contributed by atoms with Crippen LogP contribution in [0.2, 0.25) is 0 Å². The number of nitrogens with zero attached hydrogens (tertiary/aromatic N) is 2. The van der Waals surface area contributed by atoms with E-state index in [0.29, 0.717) is 13.2 Å². The molecule has 0 spiro atoms. The van der Waals surface area contributed by atoms with Gasteiger partial charge in [-0.05, 0) is 0 Å². The van der Waals surface area contributed by atoms with Crippen LogP contribution >= 0.6 is 0 Å². The second kappa shape index (κ2) is 5.62. The van der Waals surface area contributed by atoms with Gasteiger partial charge < -0.3 is 19.8 Å². The Labute approximate surface area is 102 Å². The SMILES string of the molecule is Cn1ccnc1CCOC1(CN)CCOCC1. The molecule has 17 heavy (non-hydrogen) atoms. The molecule has 1 saturated heterocycles. The molecule has 2 rings (SSSR count). The fraction of sp³-hybridized carbons (Fsp3) is 0.750. The van der Waals surface area contributed by atoms with Gasteiger partial charge in [0.05, 0.1) is 12.2 Å². The van der Waals surface area contributed by atoms with Crippen LogP contribution in [0.1, 0.15) is 18.7 Å². The quantitative estimate of drug-likeness (QED) is 0.812. The van der Waals surface area contributed by atoms with Crippen molar-refractivity contribution >= 4 is 0 Å². The van der Waals surface area contributed by atoms with E-state index in [1.807, 2.05) is 24.0 Å². The zero-order valence-electron chi connectivity index (χ0n) is 10.4. The molecule has 1 fully saturated rings. The second-order valence-corrected chi connectivity index (χ2v) is 4.55. The topological polar surface area (TPSA) is 62.3 Å². The van der Waals surface area contributed by atoms with E-state index in [9.17, 15) is 0 Å². The van der Waals surface area contributed by atoms with Gasteiger partial charge >= 0.3 is 0 Å². The molecule has 0 amide bonds. The third-order valence-corrected chi connectivity index (χ3v) is 3.43. The highest BCUT2D eigenvalue weighted by molar-refractivity contribution is 4.92. The number of aryl methyl sites for hydroxylation is 1. The molecule has 0 radical (unpaired) electrons. The van der Waals surface area contributed by atoms with Crippen molar-refractivity contribution < 1.29 is 9.47 Å². The van der Waals surface area contributed by atoms with Gasteiger partial charge in [0.2, 0.25) is 0 Å². The van der Waals surface area contributed by atoms with Crippen molar-refractivity contribution in [2.45, 2.75) is 24.9 Å². The van der Waals surface area contributed by atoms with E-state index in [0.717, 1.165) is 38.3 Å². The number of rotatable bonds is 5. The number of hydrogen-bond donors (Lipinski definition) is 1. The van der Waals surface area contributed by atoms with Crippen molar-refractivity contribution in [1.82, 2.24) is 9.55 Å². The Hall–Kier alpha value is -0.910. The van der Waals surface area contributed by atoms with Crippen molar-refractivity contribution in [3.63, 3.8) is 0 Å². The largest absolute Gasteiger partial charge is 0.381 e. The fourth-order valence-electron chi connectivity index (χ4n) is 2.15. The van der Waals surface area contributed by atoms with Crippen molar-refractivity contribution in [2.75, 3.05) is 26.4 Å². The summed E-state index contributed by atoms with van der Waals surface area (Å²) in [5, 5.41) is 0. The molecule has 1 aliphatic rings. The summed E-state index contributed by atoms with van der Waals surface area (Å²) in [5.41, 5.74) is 5.65. The highest BCUT2D eigenvalue weighted by Crippen LogP contribution is 2.24. The first-order chi connectivity index (χ1) is 8.26. The monoisotopic (exact) mass is 239 g/mol. The first-order valence-corrected chi connectivity index (χ1v) is 6.14. The number of aromatic nitrogens is 2. The van der Waals surface area contributed by atoms with Gasteiger partial charge in [-0.1, -0.05) is 0 Å². The predicted octanol–water partition coefficient (Wildman–Crippen LogP) is 0.487. The van der Waals surface area contributed by atoms with E-state index >= 15 is 0 Å². The number of imidazole rings is 1. The van der Waals surface area contributed by atoms with Crippen LogP contribution in [0, 0.1) is 0 Å². The first kappa shape index (κ1) is 12.5. The second-order valence-electron chi connectivity index (χ2n) is 4.55. The van der Waals surface area contributed by atoms with Crippen LogP contribution in [0.25, 0.3) is 0 Å². The van der Waals surface area contributed by atoms with Crippen LogP contribution in [-0.2, 0) is 22.9 Å². The molecule has 5 heteroatoms. The zero-order valence-corrected chi connectivity index (χ0v) is 10.4. The number of ether oxygens (including phenoxy) is 2. The summed E-state index contributed by atoms with van der Waals surface area (Å²) < 4.78 is 13.4. The van der Waals surface area contributed by atoms with Gasteiger partial charge in [-0.2, -0.15) is 0 Å². The van der Waals surface area contributed by atoms with Gasteiger partial charge in [-0.15, -0.1) is 0 Å². The molecule has 0 atom stereocenters. The van der Waals surface area contributed by atoms with Crippen molar-refractivity contribution in [3.05, 3.63) is 18.2 Å². The van der Waals surface area contributed by atoms with Crippen LogP contribution in [0.5, 0.6) is 0 Å². The minimum Gasteiger partial charge on any atom is -0.381 e. The predicted molar refractivity (Wildman–Crippen MR) is 64.7 cm³/mol. The van der Waals surface area contributed by atoms with Gasteiger partial charge in [0.1, 0.15) is 5.82 Å². The summed E-state index contributed by atoms with van der Waals surface area (Å²) in [4.78, 5) is 4.27. The molecule has 0 aromatic carbocycles. The normalized spacial score (nSPS) is 19.4. The molecular weight excluding hydrogens is 218 g/mol. The van der Waals surface area contributed by atoms with E-state index in [1.165, 1.54) is 0 Å². The van der Waals surface area contributed by atoms with Crippen LogP contribution < -0.4 is 5.73 Å². The molecule has 1 aliphatic heterocycles. The maximum absolute atomic E-state index is 5.99. The Morgan fingerprint density at radius 1 is 1.53 bits per heavy atom. The highest BCUT2D eigenvalue weighted by Gasteiger charge is 2.31. The summed E-state index contributed by atoms with van der Waals surface area (Å²) in [7, 11) is 2.00.